The molecule has 0 bridgehead atoms. The normalized spacial score (nSPS) is 43.4. The molecule has 1 nitrogen and oxygen atoms in total. The zero-order valence-electron chi connectivity index (χ0n) is 21.9. The predicted molar refractivity (Wildman–Crippen MR) is 133 cm³/mol. The molecular weight excluding hydrogens is 376 g/mol. The Morgan fingerprint density at radius 2 is 1.71 bits per heavy atom. The van der Waals surface area contributed by atoms with Gasteiger partial charge in [-0.05, 0) is 112 Å². The van der Waals surface area contributed by atoms with Crippen molar-refractivity contribution in [1.29, 1.82) is 0 Å². The third-order valence-electron chi connectivity index (χ3n) is 10.7. The van der Waals surface area contributed by atoms with Crippen molar-refractivity contribution in [2.75, 3.05) is 0 Å². The van der Waals surface area contributed by atoms with Crippen LogP contribution in [0.15, 0.2) is 11.6 Å². The molecule has 0 heterocycles. The summed E-state index contributed by atoms with van der Waals surface area (Å²) < 4.78 is 6.25. The number of rotatable bonds is 7. The van der Waals surface area contributed by atoms with Crippen LogP contribution in [-0.2, 0) is 4.74 Å². The highest BCUT2D eigenvalue weighted by molar-refractivity contribution is 5.25. The average molecular weight is 429 g/mol. The lowest BCUT2D eigenvalue weighted by atomic mass is 9.47. The van der Waals surface area contributed by atoms with Gasteiger partial charge in [0.05, 0.1) is 12.2 Å². The maximum absolute atomic E-state index is 6.25. The molecule has 0 N–H and O–H groups in total. The molecule has 0 saturated heterocycles. The monoisotopic (exact) mass is 428 g/mol. The maximum atomic E-state index is 6.25. The second kappa shape index (κ2) is 9.15. The number of hydrogen-bond donors (Lipinski definition) is 0. The fourth-order valence-electron chi connectivity index (χ4n) is 9.15. The molecule has 4 rings (SSSR count). The number of hydrogen-bond acceptors (Lipinski definition) is 1. The highest BCUT2D eigenvalue weighted by atomic mass is 16.5. The van der Waals surface area contributed by atoms with Gasteiger partial charge in [0.2, 0.25) is 0 Å². The minimum atomic E-state index is 0.361. The lowest BCUT2D eigenvalue weighted by Crippen LogP contribution is -2.51. The molecule has 31 heavy (non-hydrogen) atoms. The summed E-state index contributed by atoms with van der Waals surface area (Å²) in [4.78, 5) is 0. The molecule has 0 unspecified atom stereocenters. The topological polar surface area (TPSA) is 9.23 Å². The van der Waals surface area contributed by atoms with Gasteiger partial charge in [-0.2, -0.15) is 0 Å². The van der Waals surface area contributed by atoms with E-state index in [0.717, 1.165) is 35.5 Å². The molecule has 0 spiro atoms. The second-order valence-corrected chi connectivity index (χ2v) is 13.3. The van der Waals surface area contributed by atoms with Gasteiger partial charge in [-0.15, -0.1) is 0 Å². The van der Waals surface area contributed by atoms with Crippen LogP contribution in [0.4, 0.5) is 0 Å². The Morgan fingerprint density at radius 1 is 0.935 bits per heavy atom. The summed E-state index contributed by atoms with van der Waals surface area (Å²) in [5.74, 6) is 5.60. The molecular formula is C30H52O. The summed E-state index contributed by atoms with van der Waals surface area (Å²) in [5.41, 5.74) is 2.84. The summed E-state index contributed by atoms with van der Waals surface area (Å²) >= 11 is 0. The van der Waals surface area contributed by atoms with Crippen LogP contribution in [0.5, 0.6) is 0 Å². The van der Waals surface area contributed by atoms with Crippen LogP contribution in [0.1, 0.15) is 119 Å². The number of ether oxygens (including phenoxy) is 1. The van der Waals surface area contributed by atoms with Crippen molar-refractivity contribution >= 4 is 0 Å². The SMILES string of the molecule is CC(C)CCC[C@@H](C)[C@@H]1CC[C@@H]2[C@@H]3CC=C4C[C@@H](OC(C)C)CC[C@]4(C)[C@H]3CC[C@@]21C. The molecule has 1 heteroatoms. The summed E-state index contributed by atoms with van der Waals surface area (Å²) in [7, 11) is 0. The molecule has 0 aromatic carbocycles. The second-order valence-electron chi connectivity index (χ2n) is 13.3. The first-order valence-electron chi connectivity index (χ1n) is 14.0. The van der Waals surface area contributed by atoms with Crippen molar-refractivity contribution in [2.24, 2.45) is 46.3 Å². The maximum Gasteiger partial charge on any atom is 0.0616 e. The quantitative estimate of drug-likeness (QED) is 0.368. The third kappa shape index (κ3) is 4.43. The van der Waals surface area contributed by atoms with Crippen molar-refractivity contribution in [1.82, 2.24) is 0 Å². The highest BCUT2D eigenvalue weighted by Gasteiger charge is 2.59. The molecule has 4 aliphatic rings. The molecule has 0 aliphatic heterocycles. The molecule has 3 saturated carbocycles. The Labute approximate surface area is 194 Å². The molecule has 3 fully saturated rings. The Kier molecular flexibility index (Phi) is 7.04. The Hall–Kier alpha value is -0.300. The summed E-state index contributed by atoms with van der Waals surface area (Å²) in [5, 5.41) is 0. The standard InChI is InChI=1S/C30H52O/c1-20(2)9-8-10-22(5)26-13-14-27-25-12-11-23-19-24(31-21(3)4)15-17-29(23,6)28(25)16-18-30(26,27)7/h11,20-22,24-28H,8-10,12-19H2,1-7H3/t22-,24+,25+,26+,27-,28+,29+,30-/m1/s1. The zero-order valence-corrected chi connectivity index (χ0v) is 21.9. The molecule has 0 radical (unpaired) electrons. The predicted octanol–water partition coefficient (Wildman–Crippen LogP) is 8.82. The largest absolute Gasteiger partial charge is 0.375 e. The van der Waals surface area contributed by atoms with E-state index < -0.39 is 0 Å². The van der Waals surface area contributed by atoms with E-state index in [2.05, 4.69) is 54.5 Å². The Balaban J connectivity index is 1.46. The Morgan fingerprint density at radius 3 is 2.42 bits per heavy atom. The van der Waals surface area contributed by atoms with E-state index in [9.17, 15) is 0 Å². The smallest absolute Gasteiger partial charge is 0.0616 e. The average Bonchev–Trinajstić information content (AvgIpc) is 3.05. The zero-order chi connectivity index (χ0) is 22.4. The van der Waals surface area contributed by atoms with E-state index in [4.69, 9.17) is 4.74 Å². The molecule has 0 aromatic rings. The van der Waals surface area contributed by atoms with Crippen molar-refractivity contribution in [3.63, 3.8) is 0 Å². The first-order valence-corrected chi connectivity index (χ1v) is 14.0. The van der Waals surface area contributed by atoms with E-state index in [1.807, 2.05) is 0 Å². The van der Waals surface area contributed by atoms with E-state index in [0.29, 0.717) is 23.0 Å². The lowest BCUT2D eigenvalue weighted by molar-refractivity contribution is -0.0707. The van der Waals surface area contributed by atoms with E-state index in [1.54, 1.807) is 5.57 Å². The van der Waals surface area contributed by atoms with Gasteiger partial charge in [0.15, 0.2) is 0 Å². The number of fused-ring (bicyclic) bond motifs is 5. The minimum Gasteiger partial charge on any atom is -0.375 e. The van der Waals surface area contributed by atoms with Crippen LogP contribution >= 0.6 is 0 Å². The van der Waals surface area contributed by atoms with Crippen LogP contribution in [0.3, 0.4) is 0 Å². The van der Waals surface area contributed by atoms with Gasteiger partial charge >= 0.3 is 0 Å². The molecule has 0 aromatic heterocycles. The van der Waals surface area contributed by atoms with Crippen LogP contribution in [0.2, 0.25) is 0 Å². The van der Waals surface area contributed by atoms with Crippen LogP contribution in [0.25, 0.3) is 0 Å². The first kappa shape index (κ1) is 23.8. The van der Waals surface area contributed by atoms with Gasteiger partial charge in [0, 0.05) is 0 Å². The van der Waals surface area contributed by atoms with Gasteiger partial charge in [-0.25, -0.2) is 0 Å². The summed E-state index contributed by atoms with van der Waals surface area (Å²) in [6, 6.07) is 0. The van der Waals surface area contributed by atoms with Gasteiger partial charge in [-0.1, -0.05) is 65.5 Å². The van der Waals surface area contributed by atoms with Gasteiger partial charge in [0.1, 0.15) is 0 Å². The number of allylic oxidation sites excluding steroid dienone is 1. The molecule has 0 amide bonds. The molecule has 178 valence electrons. The first-order chi connectivity index (χ1) is 14.6. The third-order valence-corrected chi connectivity index (χ3v) is 10.7. The summed E-state index contributed by atoms with van der Waals surface area (Å²) in [6.45, 7) is 17.1. The van der Waals surface area contributed by atoms with E-state index in [-0.39, 0.29) is 0 Å². The minimum absolute atomic E-state index is 0.361. The molecule has 8 atom stereocenters. The highest BCUT2D eigenvalue weighted by Crippen LogP contribution is 2.67. The fraction of sp³-hybridized carbons (Fsp3) is 0.933. The van der Waals surface area contributed by atoms with Crippen molar-refractivity contribution < 1.29 is 4.74 Å². The van der Waals surface area contributed by atoms with Crippen molar-refractivity contribution in [3.8, 4) is 0 Å². The van der Waals surface area contributed by atoms with Gasteiger partial charge < -0.3 is 4.74 Å². The van der Waals surface area contributed by atoms with Gasteiger partial charge in [0.25, 0.3) is 0 Å². The summed E-state index contributed by atoms with van der Waals surface area (Å²) in [6.07, 6.45) is 19.0. The van der Waals surface area contributed by atoms with E-state index >= 15 is 0 Å². The van der Waals surface area contributed by atoms with Crippen molar-refractivity contribution in [3.05, 3.63) is 11.6 Å². The van der Waals surface area contributed by atoms with E-state index in [1.165, 1.54) is 70.6 Å². The fourth-order valence-corrected chi connectivity index (χ4v) is 9.15. The van der Waals surface area contributed by atoms with Crippen LogP contribution < -0.4 is 0 Å². The van der Waals surface area contributed by atoms with Crippen LogP contribution in [-0.4, -0.2) is 12.2 Å². The van der Waals surface area contributed by atoms with Crippen LogP contribution in [0, 0.1) is 46.3 Å². The van der Waals surface area contributed by atoms with Gasteiger partial charge in [-0.3, -0.25) is 0 Å². The van der Waals surface area contributed by atoms with Crippen molar-refractivity contribution in [2.45, 2.75) is 131 Å². The molecule has 4 aliphatic carbocycles. The lowest BCUT2D eigenvalue weighted by Gasteiger charge is -2.58. The Bertz CT molecular complexity index is 647.